The standard InChI is InChI=1S/C12H15NO5/c1-7-9(16-2)6-5-8(10(7)17-3)13-11(14)12(15)18-4/h5-6H,1-4H3,(H,13,14). The average Bonchev–Trinajstić information content (AvgIpc) is 2.38. The van der Waals surface area contributed by atoms with Crippen LogP contribution in [0.15, 0.2) is 12.1 Å². The molecule has 6 nitrogen and oxygen atoms in total. The number of nitrogens with one attached hydrogen (secondary N) is 1. The summed E-state index contributed by atoms with van der Waals surface area (Å²) in [5.74, 6) is -0.764. The third-order valence-corrected chi connectivity index (χ3v) is 2.40. The number of methoxy groups -OCH3 is 3. The van der Waals surface area contributed by atoms with E-state index in [4.69, 9.17) is 9.47 Å². The molecule has 6 heteroatoms. The number of hydrogen-bond donors (Lipinski definition) is 1. The number of amides is 1. The highest BCUT2D eigenvalue weighted by Crippen LogP contribution is 2.34. The Labute approximate surface area is 105 Å². The molecule has 0 saturated heterocycles. The number of carbonyl (C=O) groups is 2. The zero-order valence-electron chi connectivity index (χ0n) is 10.7. The van der Waals surface area contributed by atoms with Crippen molar-refractivity contribution in [3.05, 3.63) is 17.7 Å². The van der Waals surface area contributed by atoms with E-state index in [2.05, 4.69) is 10.1 Å². The van der Waals surface area contributed by atoms with Crippen molar-refractivity contribution in [1.29, 1.82) is 0 Å². The Balaban J connectivity index is 3.07. The Kier molecular flexibility index (Phi) is 4.53. The topological polar surface area (TPSA) is 73.9 Å². The molecule has 0 unspecified atom stereocenters. The second-order valence-electron chi connectivity index (χ2n) is 3.42. The molecule has 0 atom stereocenters. The Morgan fingerprint density at radius 3 is 2.28 bits per heavy atom. The SMILES string of the molecule is COC(=O)C(=O)Nc1ccc(OC)c(C)c1OC. The third kappa shape index (κ3) is 2.71. The van der Waals surface area contributed by atoms with Crippen LogP contribution in [0.2, 0.25) is 0 Å². The molecule has 18 heavy (non-hydrogen) atoms. The summed E-state index contributed by atoms with van der Waals surface area (Å²) >= 11 is 0. The molecule has 1 amide bonds. The molecule has 0 aliphatic carbocycles. The quantitative estimate of drug-likeness (QED) is 0.645. The third-order valence-electron chi connectivity index (χ3n) is 2.40. The van der Waals surface area contributed by atoms with Crippen LogP contribution in [0.5, 0.6) is 11.5 Å². The van der Waals surface area contributed by atoms with Crippen LogP contribution >= 0.6 is 0 Å². The molecule has 0 aliphatic heterocycles. The van der Waals surface area contributed by atoms with Crippen LogP contribution in [0.3, 0.4) is 0 Å². The van der Waals surface area contributed by atoms with Gasteiger partial charge < -0.3 is 19.5 Å². The minimum atomic E-state index is -0.967. The highest BCUT2D eigenvalue weighted by molar-refractivity contribution is 6.37. The molecule has 0 bridgehead atoms. The van der Waals surface area contributed by atoms with Gasteiger partial charge in [0.25, 0.3) is 0 Å². The lowest BCUT2D eigenvalue weighted by Crippen LogP contribution is -2.24. The predicted octanol–water partition coefficient (Wildman–Crippen LogP) is 1.12. The van der Waals surface area contributed by atoms with E-state index in [9.17, 15) is 9.59 Å². The van der Waals surface area contributed by atoms with Gasteiger partial charge in [-0.05, 0) is 19.1 Å². The molecule has 0 fully saturated rings. The van der Waals surface area contributed by atoms with Crippen LogP contribution in [-0.4, -0.2) is 33.2 Å². The molecule has 1 aromatic rings. The van der Waals surface area contributed by atoms with E-state index < -0.39 is 11.9 Å². The summed E-state index contributed by atoms with van der Waals surface area (Å²) < 4.78 is 14.6. The molecular formula is C12H15NO5. The summed E-state index contributed by atoms with van der Waals surface area (Å²) in [6.07, 6.45) is 0. The Morgan fingerprint density at radius 1 is 1.11 bits per heavy atom. The van der Waals surface area contributed by atoms with Gasteiger partial charge in [-0.3, -0.25) is 4.79 Å². The first kappa shape index (κ1) is 13.8. The molecule has 0 spiro atoms. The lowest BCUT2D eigenvalue weighted by molar-refractivity contribution is -0.150. The van der Waals surface area contributed by atoms with E-state index in [1.807, 2.05) is 0 Å². The summed E-state index contributed by atoms with van der Waals surface area (Å²) in [6, 6.07) is 3.26. The van der Waals surface area contributed by atoms with Crippen molar-refractivity contribution in [3.8, 4) is 11.5 Å². The van der Waals surface area contributed by atoms with Crippen molar-refractivity contribution >= 4 is 17.6 Å². The van der Waals surface area contributed by atoms with Gasteiger partial charge in [-0.25, -0.2) is 4.79 Å². The molecule has 1 N–H and O–H groups in total. The minimum Gasteiger partial charge on any atom is -0.496 e. The van der Waals surface area contributed by atoms with Crippen LogP contribution in [0.4, 0.5) is 5.69 Å². The van der Waals surface area contributed by atoms with Crippen molar-refractivity contribution in [2.45, 2.75) is 6.92 Å². The summed E-state index contributed by atoms with van der Waals surface area (Å²) in [4.78, 5) is 22.4. The molecule has 1 rings (SSSR count). The van der Waals surface area contributed by atoms with Crippen molar-refractivity contribution in [2.24, 2.45) is 0 Å². The van der Waals surface area contributed by atoms with E-state index in [0.717, 1.165) is 12.7 Å². The second-order valence-corrected chi connectivity index (χ2v) is 3.42. The van der Waals surface area contributed by atoms with Crippen molar-refractivity contribution in [2.75, 3.05) is 26.6 Å². The maximum Gasteiger partial charge on any atom is 0.396 e. The lowest BCUT2D eigenvalue weighted by atomic mass is 10.1. The van der Waals surface area contributed by atoms with E-state index in [1.54, 1.807) is 19.1 Å². The number of ether oxygens (including phenoxy) is 3. The summed E-state index contributed by atoms with van der Waals surface area (Å²) in [7, 11) is 4.14. The van der Waals surface area contributed by atoms with Gasteiger partial charge in [0.2, 0.25) is 0 Å². The van der Waals surface area contributed by atoms with Gasteiger partial charge in [0.15, 0.2) is 0 Å². The van der Waals surface area contributed by atoms with Gasteiger partial charge in [0.05, 0.1) is 27.0 Å². The maximum absolute atomic E-state index is 11.4. The molecule has 0 heterocycles. The largest absolute Gasteiger partial charge is 0.496 e. The fraction of sp³-hybridized carbons (Fsp3) is 0.333. The van der Waals surface area contributed by atoms with Crippen LogP contribution in [0, 0.1) is 6.92 Å². The van der Waals surface area contributed by atoms with E-state index in [-0.39, 0.29) is 0 Å². The van der Waals surface area contributed by atoms with Gasteiger partial charge >= 0.3 is 11.9 Å². The van der Waals surface area contributed by atoms with E-state index >= 15 is 0 Å². The maximum atomic E-state index is 11.4. The number of anilines is 1. The first-order valence-electron chi connectivity index (χ1n) is 5.16. The highest BCUT2D eigenvalue weighted by Gasteiger charge is 2.18. The molecule has 1 aromatic carbocycles. The monoisotopic (exact) mass is 253 g/mol. The first-order valence-corrected chi connectivity index (χ1v) is 5.16. The minimum absolute atomic E-state index is 0.381. The molecule has 0 aliphatic rings. The fourth-order valence-corrected chi connectivity index (χ4v) is 1.52. The lowest BCUT2D eigenvalue weighted by Gasteiger charge is -2.14. The number of esters is 1. The number of rotatable bonds is 3. The van der Waals surface area contributed by atoms with Crippen molar-refractivity contribution in [1.82, 2.24) is 0 Å². The fourth-order valence-electron chi connectivity index (χ4n) is 1.52. The number of carbonyl (C=O) groups excluding carboxylic acids is 2. The molecule has 0 saturated carbocycles. The number of hydrogen-bond acceptors (Lipinski definition) is 5. The van der Waals surface area contributed by atoms with Crippen LogP contribution in [-0.2, 0) is 14.3 Å². The zero-order chi connectivity index (χ0) is 13.7. The summed E-state index contributed by atoms with van der Waals surface area (Å²) in [5.41, 5.74) is 1.11. The Hall–Kier alpha value is -2.24. The van der Waals surface area contributed by atoms with Crippen molar-refractivity contribution in [3.63, 3.8) is 0 Å². The van der Waals surface area contributed by atoms with Gasteiger partial charge in [-0.1, -0.05) is 0 Å². The molecule has 0 aromatic heterocycles. The Bertz CT molecular complexity index is 470. The van der Waals surface area contributed by atoms with Gasteiger partial charge in [0.1, 0.15) is 11.5 Å². The summed E-state index contributed by atoms with van der Waals surface area (Å²) in [5, 5.41) is 2.41. The molecule has 0 radical (unpaired) electrons. The van der Waals surface area contributed by atoms with Crippen LogP contribution < -0.4 is 14.8 Å². The zero-order valence-corrected chi connectivity index (χ0v) is 10.7. The van der Waals surface area contributed by atoms with Crippen LogP contribution in [0.25, 0.3) is 0 Å². The normalized spacial score (nSPS) is 9.56. The average molecular weight is 253 g/mol. The number of benzene rings is 1. The molecular weight excluding hydrogens is 238 g/mol. The van der Waals surface area contributed by atoms with Crippen LogP contribution in [0.1, 0.15) is 5.56 Å². The van der Waals surface area contributed by atoms with E-state index in [0.29, 0.717) is 17.2 Å². The Morgan fingerprint density at radius 2 is 1.78 bits per heavy atom. The first-order chi connectivity index (χ1) is 8.54. The van der Waals surface area contributed by atoms with Gasteiger partial charge in [0, 0.05) is 5.56 Å². The smallest absolute Gasteiger partial charge is 0.396 e. The highest BCUT2D eigenvalue weighted by atomic mass is 16.5. The predicted molar refractivity (Wildman–Crippen MR) is 64.9 cm³/mol. The summed E-state index contributed by atoms with van der Waals surface area (Å²) in [6.45, 7) is 1.78. The van der Waals surface area contributed by atoms with E-state index in [1.165, 1.54) is 14.2 Å². The van der Waals surface area contributed by atoms with Gasteiger partial charge in [-0.2, -0.15) is 0 Å². The second kappa shape index (κ2) is 5.90. The van der Waals surface area contributed by atoms with Crippen molar-refractivity contribution < 1.29 is 23.8 Å². The molecule has 98 valence electrons. The van der Waals surface area contributed by atoms with Gasteiger partial charge in [-0.15, -0.1) is 0 Å².